The number of carbonyl (C=O) groups is 4. The highest BCUT2D eigenvalue weighted by Gasteiger charge is 2.53. The lowest BCUT2D eigenvalue weighted by atomic mass is 10.2. The summed E-state index contributed by atoms with van der Waals surface area (Å²) in [5.41, 5.74) is -0.690. The van der Waals surface area contributed by atoms with Crippen LogP contribution in [0.5, 0.6) is 0 Å². The van der Waals surface area contributed by atoms with Gasteiger partial charge in [-0.05, 0) is 24.3 Å². The Morgan fingerprint density at radius 2 is 0.929 bits per heavy atom. The fraction of sp³-hybridized carbons (Fsp3) is 0. The van der Waals surface area contributed by atoms with Crippen LogP contribution in [0.1, 0.15) is 20.7 Å². The first-order valence-corrected chi connectivity index (χ1v) is 10.4. The first-order valence-electron chi connectivity index (χ1n) is 7.56. The van der Waals surface area contributed by atoms with E-state index in [4.69, 9.17) is 0 Å². The van der Waals surface area contributed by atoms with Crippen molar-refractivity contribution in [2.24, 2.45) is 0 Å². The second-order valence-electron chi connectivity index (χ2n) is 5.75. The van der Waals surface area contributed by atoms with Gasteiger partial charge in [0.25, 0.3) is 31.9 Å². The van der Waals surface area contributed by atoms with Crippen molar-refractivity contribution in [2.45, 2.75) is 9.79 Å². The molecule has 0 fully saturated rings. The highest BCUT2D eigenvalue weighted by molar-refractivity contribution is 7.91. The van der Waals surface area contributed by atoms with Gasteiger partial charge >= 0.3 is 11.8 Å². The van der Waals surface area contributed by atoms with Crippen molar-refractivity contribution < 1.29 is 36.0 Å². The topological polar surface area (TPSA) is 143 Å². The van der Waals surface area contributed by atoms with Crippen LogP contribution >= 0.6 is 0 Å². The molecular weight excluding hydrogens is 412 g/mol. The van der Waals surface area contributed by atoms with Crippen molar-refractivity contribution in [3.8, 4) is 0 Å². The van der Waals surface area contributed by atoms with Crippen LogP contribution < -0.4 is 0 Å². The van der Waals surface area contributed by atoms with Gasteiger partial charge in [-0.2, -0.15) is 8.61 Å². The third kappa shape index (κ3) is 2.12. The summed E-state index contributed by atoms with van der Waals surface area (Å²) >= 11 is 0. The molecule has 28 heavy (non-hydrogen) atoms. The highest BCUT2D eigenvalue weighted by Crippen LogP contribution is 2.33. The van der Waals surface area contributed by atoms with E-state index in [1.54, 1.807) is 0 Å². The van der Waals surface area contributed by atoms with Gasteiger partial charge in [-0.15, -0.1) is 0 Å². The van der Waals surface area contributed by atoms with Crippen LogP contribution in [0, 0.1) is 0 Å². The maximum Gasteiger partial charge on any atom is 0.334 e. The molecule has 0 aromatic heterocycles. The van der Waals surface area contributed by atoms with Gasteiger partial charge in [-0.3, -0.25) is 19.2 Å². The molecule has 2 heterocycles. The summed E-state index contributed by atoms with van der Waals surface area (Å²) < 4.78 is 49.3. The summed E-state index contributed by atoms with van der Waals surface area (Å²) in [6.07, 6.45) is 0. The summed E-state index contributed by atoms with van der Waals surface area (Å²) in [6.45, 7) is 0. The Balaban J connectivity index is 1.78. The average molecular weight is 420 g/mol. The first kappa shape index (κ1) is 18.0. The van der Waals surface area contributed by atoms with Crippen molar-refractivity contribution in [3.05, 3.63) is 59.7 Å². The van der Waals surface area contributed by atoms with Gasteiger partial charge in [0, 0.05) is 0 Å². The molecule has 0 bridgehead atoms. The molecule has 2 aliphatic rings. The van der Waals surface area contributed by atoms with Crippen molar-refractivity contribution in [3.63, 3.8) is 0 Å². The molecule has 2 aromatic carbocycles. The number of amides is 4. The number of sulfonamides is 2. The number of hydrogen-bond donors (Lipinski definition) is 0. The summed E-state index contributed by atoms with van der Waals surface area (Å²) in [5, 5.41) is 0. The lowest BCUT2D eigenvalue weighted by Crippen LogP contribution is -2.49. The zero-order valence-electron chi connectivity index (χ0n) is 13.6. The normalized spacial score (nSPS) is 18.7. The molecule has 0 N–H and O–H groups in total. The van der Waals surface area contributed by atoms with Crippen LogP contribution in [0.25, 0.3) is 0 Å². The van der Waals surface area contributed by atoms with Crippen molar-refractivity contribution in [1.29, 1.82) is 0 Å². The lowest BCUT2D eigenvalue weighted by molar-refractivity contribution is -0.143. The standard InChI is InChI=1S/C16H8N2O8S2/c19-13-9-5-1-3-7-11(9)27(23,24)17(13)15(21)16(22)18-14(20)10-6-2-4-8-12(10)28(18,25)26/h1-8H. The van der Waals surface area contributed by atoms with Gasteiger partial charge in [-0.1, -0.05) is 24.3 Å². The number of fused-ring (bicyclic) bond motifs is 2. The molecule has 0 unspecified atom stereocenters. The van der Waals surface area contributed by atoms with Crippen LogP contribution in [0.2, 0.25) is 0 Å². The third-order valence-electron chi connectivity index (χ3n) is 4.19. The summed E-state index contributed by atoms with van der Waals surface area (Å²) in [4.78, 5) is 48.8. The van der Waals surface area contributed by atoms with E-state index < -0.39 is 53.5 Å². The molecule has 10 nitrogen and oxygen atoms in total. The van der Waals surface area contributed by atoms with Crippen LogP contribution in [-0.4, -0.2) is 49.1 Å². The van der Waals surface area contributed by atoms with E-state index in [2.05, 4.69) is 0 Å². The number of carbonyl (C=O) groups excluding carboxylic acids is 4. The van der Waals surface area contributed by atoms with Crippen LogP contribution in [-0.2, 0) is 29.6 Å². The number of imide groups is 2. The molecule has 4 rings (SSSR count). The smallest absolute Gasteiger partial charge is 0.267 e. The second kappa shape index (κ2) is 5.56. The van der Waals surface area contributed by atoms with Crippen molar-refractivity contribution >= 4 is 43.7 Å². The first-order chi connectivity index (χ1) is 13.1. The second-order valence-corrected chi connectivity index (χ2v) is 9.26. The lowest BCUT2D eigenvalue weighted by Gasteiger charge is -2.16. The predicted molar refractivity (Wildman–Crippen MR) is 89.6 cm³/mol. The minimum Gasteiger partial charge on any atom is -0.267 e. The van der Waals surface area contributed by atoms with Crippen LogP contribution in [0.3, 0.4) is 0 Å². The van der Waals surface area contributed by atoms with E-state index in [9.17, 15) is 36.0 Å². The number of benzene rings is 2. The highest BCUT2D eigenvalue weighted by atomic mass is 32.2. The molecule has 142 valence electrons. The molecule has 2 aromatic rings. The Morgan fingerprint density at radius 3 is 1.25 bits per heavy atom. The van der Waals surface area contributed by atoms with E-state index >= 15 is 0 Å². The SMILES string of the molecule is O=C(C(=O)N1C(=O)c2ccccc2S1(=O)=O)N1C(=O)c2ccccc2S1(=O)=O. The van der Waals surface area contributed by atoms with Crippen molar-refractivity contribution in [2.75, 3.05) is 0 Å². The number of hydrogen-bond acceptors (Lipinski definition) is 8. The zero-order chi connectivity index (χ0) is 20.4. The zero-order valence-corrected chi connectivity index (χ0v) is 15.2. The maximum absolute atomic E-state index is 12.5. The van der Waals surface area contributed by atoms with E-state index in [0.29, 0.717) is 0 Å². The van der Waals surface area contributed by atoms with E-state index in [0.717, 1.165) is 24.3 Å². The molecule has 4 amide bonds. The largest absolute Gasteiger partial charge is 0.334 e. The number of nitrogens with zero attached hydrogens (tertiary/aromatic N) is 2. The Morgan fingerprint density at radius 1 is 0.607 bits per heavy atom. The summed E-state index contributed by atoms with van der Waals surface area (Å²) in [5.74, 6) is -6.55. The Hall–Kier alpha value is -3.38. The Kier molecular flexibility index (Phi) is 3.58. The third-order valence-corrected chi connectivity index (χ3v) is 7.64. The molecule has 2 aliphatic heterocycles. The predicted octanol–water partition coefficient (Wildman–Crippen LogP) is -0.271. The monoisotopic (exact) mass is 420 g/mol. The molecule has 0 spiro atoms. The van der Waals surface area contributed by atoms with E-state index in [1.807, 2.05) is 0 Å². The van der Waals surface area contributed by atoms with Gasteiger partial charge in [0.2, 0.25) is 0 Å². The van der Waals surface area contributed by atoms with Gasteiger partial charge < -0.3 is 0 Å². The minimum atomic E-state index is -4.71. The quantitative estimate of drug-likeness (QED) is 0.530. The number of rotatable bonds is 0. The molecular formula is C16H8N2O8S2. The fourth-order valence-electron chi connectivity index (χ4n) is 2.95. The van der Waals surface area contributed by atoms with Gasteiger partial charge in [0.1, 0.15) is 9.79 Å². The van der Waals surface area contributed by atoms with Gasteiger partial charge in [-0.25, -0.2) is 16.8 Å². The molecule has 12 heteroatoms. The van der Waals surface area contributed by atoms with Gasteiger partial charge in [0.05, 0.1) is 11.1 Å². The average Bonchev–Trinajstić information content (AvgIpc) is 2.99. The minimum absolute atomic E-state index is 0.328. The Bertz CT molecular complexity index is 1220. The van der Waals surface area contributed by atoms with Crippen molar-refractivity contribution in [1.82, 2.24) is 8.61 Å². The molecule has 0 radical (unpaired) electrons. The summed E-state index contributed by atoms with van der Waals surface area (Å²) in [6, 6.07) is 9.73. The molecule has 0 atom stereocenters. The Labute approximate surface area is 158 Å². The van der Waals surface area contributed by atoms with Gasteiger partial charge in [0.15, 0.2) is 0 Å². The van der Waals surface area contributed by atoms with Crippen LogP contribution in [0.4, 0.5) is 0 Å². The van der Waals surface area contributed by atoms with E-state index in [-0.39, 0.29) is 19.7 Å². The molecule has 0 aliphatic carbocycles. The van der Waals surface area contributed by atoms with Crippen LogP contribution in [0.15, 0.2) is 58.3 Å². The molecule has 0 saturated carbocycles. The maximum atomic E-state index is 12.5. The molecule has 0 saturated heterocycles. The van der Waals surface area contributed by atoms with E-state index in [1.165, 1.54) is 24.3 Å². The fourth-order valence-corrected chi connectivity index (χ4v) is 5.93. The summed E-state index contributed by atoms with van der Waals surface area (Å²) in [7, 11) is -9.42.